The molecule has 0 amide bonds. The highest BCUT2D eigenvalue weighted by Gasteiger charge is 2.21. The Morgan fingerprint density at radius 1 is 0.967 bits per heavy atom. The van der Waals surface area contributed by atoms with Gasteiger partial charge in [-0.05, 0) is 60.7 Å². The van der Waals surface area contributed by atoms with E-state index in [0.717, 1.165) is 55.5 Å². The van der Waals surface area contributed by atoms with Crippen molar-refractivity contribution < 1.29 is 4.74 Å². The zero-order valence-electron chi connectivity index (χ0n) is 17.7. The van der Waals surface area contributed by atoms with Crippen LogP contribution < -0.4 is 9.64 Å². The van der Waals surface area contributed by atoms with Crippen LogP contribution in [0.3, 0.4) is 0 Å². The van der Waals surface area contributed by atoms with Crippen LogP contribution in [0.5, 0.6) is 5.75 Å². The average molecular weight is 441 g/mol. The first kappa shape index (κ1) is 21.2. The summed E-state index contributed by atoms with van der Waals surface area (Å²) in [5, 5.41) is 2.90. The van der Waals surface area contributed by atoms with E-state index in [9.17, 15) is 0 Å². The molecule has 0 saturated carbocycles. The molecule has 1 unspecified atom stereocenters. The number of thiophene rings is 1. The van der Waals surface area contributed by atoms with Gasteiger partial charge in [0.2, 0.25) is 0 Å². The van der Waals surface area contributed by atoms with Gasteiger partial charge in [0.15, 0.2) is 0 Å². The van der Waals surface area contributed by atoms with Crippen molar-refractivity contribution >= 4 is 28.6 Å². The molecular weight excluding hydrogens is 412 g/mol. The second-order valence-electron chi connectivity index (χ2n) is 7.94. The summed E-state index contributed by atoms with van der Waals surface area (Å²) < 4.78 is 6.41. The van der Waals surface area contributed by atoms with Gasteiger partial charge in [0.1, 0.15) is 11.9 Å². The van der Waals surface area contributed by atoms with E-state index in [0.29, 0.717) is 0 Å². The maximum absolute atomic E-state index is 6.41. The third-order valence-corrected chi connectivity index (χ3v) is 7.19. The van der Waals surface area contributed by atoms with Crippen LogP contribution in [0, 0.1) is 13.8 Å². The first-order valence-corrected chi connectivity index (χ1v) is 11.8. The molecule has 1 fully saturated rings. The van der Waals surface area contributed by atoms with Crippen LogP contribution in [0.25, 0.3) is 0 Å². The van der Waals surface area contributed by atoms with Crippen molar-refractivity contribution in [1.29, 1.82) is 0 Å². The Labute approximate surface area is 188 Å². The van der Waals surface area contributed by atoms with Gasteiger partial charge in [-0.15, -0.1) is 11.3 Å². The minimum atomic E-state index is 0.0694. The molecule has 0 radical (unpaired) electrons. The van der Waals surface area contributed by atoms with Crippen LogP contribution in [0.2, 0.25) is 5.02 Å². The second-order valence-corrected chi connectivity index (χ2v) is 9.32. The Bertz CT molecular complexity index is 952. The standard InChI is InChI=1S/C25H29ClN2OS/c1-19-6-3-4-7-23(19)28-15-13-27(14-16-28)12-11-24(25-8-5-17-30-25)29-21-9-10-22(26)20(2)18-21/h3-10,17-18,24H,11-16H2,1-2H3. The van der Waals surface area contributed by atoms with Crippen molar-refractivity contribution in [2.45, 2.75) is 26.4 Å². The Morgan fingerprint density at radius 2 is 1.77 bits per heavy atom. The fourth-order valence-corrected chi connectivity index (χ4v) is 4.93. The lowest BCUT2D eigenvalue weighted by atomic mass is 10.1. The molecule has 2 aromatic carbocycles. The summed E-state index contributed by atoms with van der Waals surface area (Å²) in [6.45, 7) is 9.58. The predicted molar refractivity (Wildman–Crippen MR) is 128 cm³/mol. The van der Waals surface area contributed by atoms with Gasteiger partial charge in [-0.2, -0.15) is 0 Å². The lowest BCUT2D eigenvalue weighted by Gasteiger charge is -2.37. The summed E-state index contributed by atoms with van der Waals surface area (Å²) in [6, 6.07) is 18.9. The molecule has 30 heavy (non-hydrogen) atoms. The number of anilines is 1. The quantitative estimate of drug-likeness (QED) is 0.425. The molecule has 0 aliphatic carbocycles. The Hall–Kier alpha value is -2.01. The second kappa shape index (κ2) is 9.86. The van der Waals surface area contributed by atoms with Crippen LogP contribution in [-0.2, 0) is 0 Å². The zero-order chi connectivity index (χ0) is 20.9. The van der Waals surface area contributed by atoms with Gasteiger partial charge < -0.3 is 9.64 Å². The molecule has 3 aromatic rings. The topological polar surface area (TPSA) is 15.7 Å². The molecule has 4 rings (SSSR count). The van der Waals surface area contributed by atoms with E-state index in [2.05, 4.69) is 58.5 Å². The molecule has 3 nitrogen and oxygen atoms in total. The van der Waals surface area contributed by atoms with Crippen LogP contribution in [0.15, 0.2) is 60.0 Å². The number of nitrogens with zero attached hydrogens (tertiary/aromatic N) is 2. The van der Waals surface area contributed by atoms with Gasteiger partial charge >= 0.3 is 0 Å². The number of para-hydroxylation sites is 1. The van der Waals surface area contributed by atoms with Gasteiger partial charge in [0.25, 0.3) is 0 Å². The van der Waals surface area contributed by atoms with Crippen LogP contribution in [0.4, 0.5) is 5.69 Å². The molecule has 0 bridgehead atoms. The van der Waals surface area contributed by atoms with Gasteiger partial charge in [-0.25, -0.2) is 0 Å². The third-order valence-electron chi connectivity index (χ3n) is 5.80. The lowest BCUT2D eigenvalue weighted by Crippen LogP contribution is -2.47. The van der Waals surface area contributed by atoms with E-state index in [1.807, 2.05) is 25.1 Å². The summed E-state index contributed by atoms with van der Waals surface area (Å²) in [5.74, 6) is 0.889. The minimum Gasteiger partial charge on any atom is -0.485 e. The van der Waals surface area contributed by atoms with Gasteiger partial charge in [0.05, 0.1) is 0 Å². The van der Waals surface area contributed by atoms with E-state index >= 15 is 0 Å². The lowest BCUT2D eigenvalue weighted by molar-refractivity contribution is 0.162. The number of piperazine rings is 1. The summed E-state index contributed by atoms with van der Waals surface area (Å²) in [4.78, 5) is 6.35. The highest BCUT2D eigenvalue weighted by atomic mass is 35.5. The highest BCUT2D eigenvalue weighted by molar-refractivity contribution is 7.10. The first-order valence-electron chi connectivity index (χ1n) is 10.6. The molecule has 1 saturated heterocycles. The third kappa shape index (κ3) is 5.18. The molecule has 1 aromatic heterocycles. The average Bonchev–Trinajstić information content (AvgIpc) is 3.29. The fourth-order valence-electron chi connectivity index (χ4n) is 4.02. The maximum Gasteiger partial charge on any atom is 0.134 e. The Kier molecular flexibility index (Phi) is 6.98. The van der Waals surface area contributed by atoms with E-state index in [4.69, 9.17) is 16.3 Å². The van der Waals surface area contributed by atoms with Crippen molar-refractivity contribution in [3.8, 4) is 5.75 Å². The smallest absolute Gasteiger partial charge is 0.134 e. The molecule has 0 spiro atoms. The Balaban J connectivity index is 1.35. The molecule has 1 aliphatic rings. The van der Waals surface area contributed by atoms with Crippen LogP contribution >= 0.6 is 22.9 Å². The number of rotatable bonds is 7. The molecule has 1 aliphatic heterocycles. The summed E-state index contributed by atoms with van der Waals surface area (Å²) in [7, 11) is 0. The zero-order valence-corrected chi connectivity index (χ0v) is 19.3. The van der Waals surface area contributed by atoms with Crippen LogP contribution in [-0.4, -0.2) is 37.6 Å². The number of aryl methyl sites for hydroxylation is 2. The minimum absolute atomic E-state index is 0.0694. The largest absolute Gasteiger partial charge is 0.485 e. The van der Waals surface area contributed by atoms with E-state index < -0.39 is 0 Å². The summed E-state index contributed by atoms with van der Waals surface area (Å²) in [6.07, 6.45) is 1.05. The predicted octanol–water partition coefficient (Wildman–Crippen LogP) is 6.35. The van der Waals surface area contributed by atoms with E-state index in [1.54, 1.807) is 11.3 Å². The van der Waals surface area contributed by atoms with E-state index in [1.165, 1.54) is 16.1 Å². The van der Waals surface area contributed by atoms with Crippen molar-refractivity contribution in [2.75, 3.05) is 37.6 Å². The van der Waals surface area contributed by atoms with Crippen molar-refractivity contribution in [1.82, 2.24) is 4.90 Å². The number of hydrogen-bond donors (Lipinski definition) is 0. The maximum atomic E-state index is 6.41. The van der Waals surface area contributed by atoms with Crippen LogP contribution in [0.1, 0.15) is 28.5 Å². The number of hydrogen-bond acceptors (Lipinski definition) is 4. The molecule has 158 valence electrons. The fraction of sp³-hybridized carbons (Fsp3) is 0.360. The summed E-state index contributed by atoms with van der Waals surface area (Å²) >= 11 is 7.95. The number of benzene rings is 2. The molecular formula is C25H29ClN2OS. The highest BCUT2D eigenvalue weighted by Crippen LogP contribution is 2.30. The van der Waals surface area contributed by atoms with Gasteiger partial charge in [-0.1, -0.05) is 35.9 Å². The summed E-state index contributed by atoms with van der Waals surface area (Å²) in [5.41, 5.74) is 3.77. The molecule has 0 N–H and O–H groups in total. The first-order chi connectivity index (χ1) is 14.6. The number of ether oxygens (including phenoxy) is 1. The van der Waals surface area contributed by atoms with Crippen molar-refractivity contribution in [3.05, 3.63) is 81.0 Å². The molecule has 1 atom stereocenters. The van der Waals surface area contributed by atoms with Crippen molar-refractivity contribution in [3.63, 3.8) is 0 Å². The van der Waals surface area contributed by atoms with E-state index in [-0.39, 0.29) is 6.10 Å². The van der Waals surface area contributed by atoms with Gasteiger partial charge in [-0.3, -0.25) is 4.90 Å². The molecule has 2 heterocycles. The number of halogens is 1. The Morgan fingerprint density at radius 3 is 2.47 bits per heavy atom. The normalized spacial score (nSPS) is 15.9. The van der Waals surface area contributed by atoms with Crippen molar-refractivity contribution in [2.24, 2.45) is 0 Å². The SMILES string of the molecule is Cc1cc(OC(CCN2CCN(c3ccccc3C)CC2)c2cccs2)ccc1Cl. The molecule has 5 heteroatoms. The monoisotopic (exact) mass is 440 g/mol. The van der Waals surface area contributed by atoms with Gasteiger partial charge in [0, 0.05) is 54.7 Å².